The van der Waals surface area contributed by atoms with Crippen molar-refractivity contribution in [2.75, 3.05) is 18.6 Å². The highest BCUT2D eigenvalue weighted by atomic mass is 32.2. The quantitative estimate of drug-likeness (QED) is 0.634. The van der Waals surface area contributed by atoms with Gasteiger partial charge in [0.25, 0.3) is 0 Å². The standard InChI is InChI=1S/C15H18F3NO3S/c1-11(10-14(20)19-8-5-9-23(2,21)22)12-6-3-4-7-13(12)15(16,17)18/h3-4,6-7,10H,5,8-9H2,1-2H3,(H,19,20)/b11-10-. The van der Waals surface area contributed by atoms with Gasteiger partial charge in [-0.05, 0) is 30.5 Å². The van der Waals surface area contributed by atoms with Crippen molar-refractivity contribution in [2.45, 2.75) is 19.5 Å². The lowest BCUT2D eigenvalue weighted by Crippen LogP contribution is -2.24. The lowest BCUT2D eigenvalue weighted by atomic mass is 10.00. The summed E-state index contributed by atoms with van der Waals surface area (Å²) in [5.41, 5.74) is -0.691. The molecule has 1 amide bonds. The van der Waals surface area contributed by atoms with E-state index in [0.717, 1.165) is 18.4 Å². The third-order valence-electron chi connectivity index (χ3n) is 3.00. The van der Waals surface area contributed by atoms with E-state index in [1.165, 1.54) is 25.1 Å². The van der Waals surface area contributed by atoms with E-state index >= 15 is 0 Å². The van der Waals surface area contributed by atoms with Crippen LogP contribution in [-0.4, -0.2) is 32.9 Å². The third kappa shape index (κ3) is 6.85. The van der Waals surface area contributed by atoms with Crippen molar-refractivity contribution in [3.8, 4) is 0 Å². The van der Waals surface area contributed by atoms with Crippen molar-refractivity contribution in [3.05, 3.63) is 41.5 Å². The summed E-state index contributed by atoms with van der Waals surface area (Å²) in [6, 6.07) is 5.00. The van der Waals surface area contributed by atoms with E-state index in [0.29, 0.717) is 0 Å². The van der Waals surface area contributed by atoms with Crippen LogP contribution in [-0.2, 0) is 20.8 Å². The monoisotopic (exact) mass is 349 g/mol. The molecule has 1 N–H and O–H groups in total. The molecule has 0 saturated heterocycles. The average molecular weight is 349 g/mol. The fourth-order valence-electron chi connectivity index (χ4n) is 1.95. The first kappa shape index (κ1) is 19.2. The molecule has 4 nitrogen and oxygen atoms in total. The number of alkyl halides is 3. The molecule has 0 aliphatic carbocycles. The molecule has 0 atom stereocenters. The molecule has 128 valence electrons. The number of nitrogens with one attached hydrogen (secondary N) is 1. The highest BCUT2D eigenvalue weighted by Gasteiger charge is 2.33. The van der Waals surface area contributed by atoms with Gasteiger partial charge in [0.05, 0.1) is 11.3 Å². The minimum absolute atomic E-state index is 0.0626. The second-order valence-electron chi connectivity index (χ2n) is 5.15. The van der Waals surface area contributed by atoms with Gasteiger partial charge >= 0.3 is 6.18 Å². The van der Waals surface area contributed by atoms with E-state index in [9.17, 15) is 26.4 Å². The molecular formula is C15H18F3NO3S. The average Bonchev–Trinajstić information content (AvgIpc) is 2.41. The zero-order valence-corrected chi connectivity index (χ0v) is 13.6. The summed E-state index contributed by atoms with van der Waals surface area (Å²) in [5.74, 6) is -0.625. The number of allylic oxidation sites excluding steroid dienone is 1. The summed E-state index contributed by atoms with van der Waals surface area (Å²) in [6.45, 7) is 1.55. The molecule has 0 aromatic heterocycles. The topological polar surface area (TPSA) is 63.2 Å². The van der Waals surface area contributed by atoms with Gasteiger partial charge in [-0.15, -0.1) is 0 Å². The van der Waals surface area contributed by atoms with Crippen LogP contribution in [0.15, 0.2) is 30.3 Å². The molecule has 23 heavy (non-hydrogen) atoms. The number of halogens is 3. The van der Waals surface area contributed by atoms with Gasteiger partial charge < -0.3 is 5.32 Å². The van der Waals surface area contributed by atoms with Crippen molar-refractivity contribution < 1.29 is 26.4 Å². The first-order chi connectivity index (χ1) is 10.5. The van der Waals surface area contributed by atoms with Crippen molar-refractivity contribution in [2.24, 2.45) is 0 Å². The molecule has 8 heteroatoms. The SMILES string of the molecule is C/C(=C/C(=O)NCCCS(C)(=O)=O)c1ccccc1C(F)(F)F. The highest BCUT2D eigenvalue weighted by molar-refractivity contribution is 7.90. The van der Waals surface area contributed by atoms with Gasteiger partial charge in [0.2, 0.25) is 5.91 Å². The van der Waals surface area contributed by atoms with Gasteiger partial charge in [0, 0.05) is 18.9 Å². The predicted molar refractivity (Wildman–Crippen MR) is 82.4 cm³/mol. The Morgan fingerprint density at radius 3 is 2.43 bits per heavy atom. The zero-order chi connectivity index (χ0) is 17.7. The van der Waals surface area contributed by atoms with Gasteiger partial charge in [-0.1, -0.05) is 18.2 Å². The molecule has 0 fully saturated rings. The van der Waals surface area contributed by atoms with Gasteiger partial charge in [0.1, 0.15) is 9.84 Å². The van der Waals surface area contributed by atoms with Crippen molar-refractivity contribution in [1.82, 2.24) is 5.32 Å². The number of hydrogen-bond acceptors (Lipinski definition) is 3. The fraction of sp³-hybridized carbons (Fsp3) is 0.400. The van der Waals surface area contributed by atoms with E-state index in [1.54, 1.807) is 0 Å². The van der Waals surface area contributed by atoms with Crippen LogP contribution in [0.25, 0.3) is 5.57 Å². The molecular weight excluding hydrogens is 331 g/mol. The summed E-state index contributed by atoms with van der Waals surface area (Å²) < 4.78 is 60.6. The van der Waals surface area contributed by atoms with Gasteiger partial charge in [0.15, 0.2) is 0 Å². The molecule has 0 aliphatic heterocycles. The Morgan fingerprint density at radius 1 is 1.26 bits per heavy atom. The maximum atomic E-state index is 12.9. The summed E-state index contributed by atoms with van der Waals surface area (Å²) in [6.07, 6.45) is -2.09. The minimum atomic E-state index is -4.50. The number of carbonyl (C=O) groups excluding carboxylic acids is 1. The Hall–Kier alpha value is -1.83. The molecule has 0 unspecified atom stereocenters. The van der Waals surface area contributed by atoms with Crippen LogP contribution in [0.5, 0.6) is 0 Å². The number of hydrogen-bond donors (Lipinski definition) is 1. The summed E-state index contributed by atoms with van der Waals surface area (Å²) in [7, 11) is -3.10. The largest absolute Gasteiger partial charge is 0.416 e. The molecule has 0 radical (unpaired) electrons. The fourth-order valence-corrected chi connectivity index (χ4v) is 2.61. The van der Waals surface area contributed by atoms with E-state index < -0.39 is 27.5 Å². The van der Waals surface area contributed by atoms with E-state index in [-0.39, 0.29) is 29.9 Å². The molecule has 0 heterocycles. The number of benzene rings is 1. The Kier molecular flexibility index (Phi) is 6.37. The van der Waals surface area contributed by atoms with Gasteiger partial charge in [-0.25, -0.2) is 8.42 Å². The zero-order valence-electron chi connectivity index (χ0n) is 12.8. The Balaban J connectivity index is 2.76. The lowest BCUT2D eigenvalue weighted by Gasteiger charge is -2.13. The first-order valence-corrected chi connectivity index (χ1v) is 8.87. The molecule has 0 aliphatic rings. The van der Waals surface area contributed by atoms with Crippen LogP contribution in [0.3, 0.4) is 0 Å². The molecule has 1 rings (SSSR count). The third-order valence-corrected chi connectivity index (χ3v) is 4.03. The van der Waals surface area contributed by atoms with Crippen molar-refractivity contribution >= 4 is 21.3 Å². The first-order valence-electron chi connectivity index (χ1n) is 6.81. The molecule has 1 aromatic carbocycles. The summed E-state index contributed by atoms with van der Waals surface area (Å²) in [4.78, 5) is 11.7. The highest BCUT2D eigenvalue weighted by Crippen LogP contribution is 2.34. The van der Waals surface area contributed by atoms with Crippen LogP contribution in [0.4, 0.5) is 13.2 Å². The smallest absolute Gasteiger partial charge is 0.353 e. The second-order valence-corrected chi connectivity index (χ2v) is 7.40. The van der Waals surface area contributed by atoms with E-state index in [2.05, 4.69) is 5.32 Å². The maximum Gasteiger partial charge on any atom is 0.416 e. The number of carbonyl (C=O) groups is 1. The number of rotatable bonds is 6. The van der Waals surface area contributed by atoms with Gasteiger partial charge in [-0.2, -0.15) is 13.2 Å². The molecule has 1 aromatic rings. The van der Waals surface area contributed by atoms with Gasteiger partial charge in [-0.3, -0.25) is 4.79 Å². The van der Waals surface area contributed by atoms with Crippen LogP contribution >= 0.6 is 0 Å². The maximum absolute atomic E-state index is 12.9. The Morgan fingerprint density at radius 2 is 1.87 bits per heavy atom. The number of sulfone groups is 1. The Labute approximate surface area is 133 Å². The van der Waals surface area contributed by atoms with Crippen molar-refractivity contribution in [3.63, 3.8) is 0 Å². The minimum Gasteiger partial charge on any atom is -0.353 e. The summed E-state index contributed by atoms with van der Waals surface area (Å²) >= 11 is 0. The van der Waals surface area contributed by atoms with Crippen LogP contribution in [0.1, 0.15) is 24.5 Å². The van der Waals surface area contributed by atoms with Crippen molar-refractivity contribution in [1.29, 1.82) is 0 Å². The van der Waals surface area contributed by atoms with Crippen LogP contribution in [0.2, 0.25) is 0 Å². The number of amides is 1. The lowest BCUT2D eigenvalue weighted by molar-refractivity contribution is -0.137. The normalized spacial score (nSPS) is 13.0. The predicted octanol–water partition coefficient (Wildman–Crippen LogP) is 2.66. The molecule has 0 bridgehead atoms. The Bertz CT molecular complexity index is 694. The second kappa shape index (κ2) is 7.63. The van der Waals surface area contributed by atoms with E-state index in [4.69, 9.17) is 0 Å². The summed E-state index contributed by atoms with van der Waals surface area (Å²) in [5, 5.41) is 2.45. The molecule has 0 spiro atoms. The van der Waals surface area contributed by atoms with E-state index in [1.807, 2.05) is 0 Å². The van der Waals surface area contributed by atoms with Crippen LogP contribution < -0.4 is 5.32 Å². The van der Waals surface area contributed by atoms with Crippen LogP contribution in [0, 0.1) is 0 Å². The molecule has 0 saturated carbocycles.